The van der Waals surface area contributed by atoms with Crippen molar-refractivity contribution in [3.05, 3.63) is 70.3 Å². The molecule has 2 heterocycles. The van der Waals surface area contributed by atoms with Crippen molar-refractivity contribution in [1.29, 1.82) is 0 Å². The number of nitro groups is 1. The van der Waals surface area contributed by atoms with E-state index in [0.717, 1.165) is 5.56 Å². The molecule has 9 nitrogen and oxygen atoms in total. The molecule has 0 aliphatic rings. The van der Waals surface area contributed by atoms with Gasteiger partial charge in [-0.05, 0) is 24.1 Å². The molecule has 0 aliphatic heterocycles. The van der Waals surface area contributed by atoms with Crippen molar-refractivity contribution in [3.8, 4) is 11.3 Å². The molecule has 0 fully saturated rings. The van der Waals surface area contributed by atoms with Gasteiger partial charge in [-0.3, -0.25) is 10.1 Å². The Kier molecular flexibility index (Phi) is 5.81. The molecule has 0 saturated carbocycles. The molecule has 0 amide bonds. The molecule has 0 unspecified atom stereocenters. The van der Waals surface area contributed by atoms with Gasteiger partial charge in [0.1, 0.15) is 10.4 Å². The van der Waals surface area contributed by atoms with E-state index >= 15 is 0 Å². The summed E-state index contributed by atoms with van der Waals surface area (Å²) in [5.41, 5.74) is 2.19. The largest absolute Gasteiger partial charge is 0.355 e. The zero-order chi connectivity index (χ0) is 23.8. The fraction of sp³-hybridized carbons (Fsp3) is 0.182. The van der Waals surface area contributed by atoms with Crippen LogP contribution in [0.25, 0.3) is 22.2 Å². The molecule has 0 radical (unpaired) electrons. The number of aromatic amines is 1. The third-order valence-electron chi connectivity index (χ3n) is 5.32. The quantitative estimate of drug-likeness (QED) is 0.294. The molecular weight excluding hydrogens is 449 g/mol. The van der Waals surface area contributed by atoms with Crippen molar-refractivity contribution in [2.24, 2.45) is 0 Å². The van der Waals surface area contributed by atoms with Gasteiger partial charge >= 0.3 is 0 Å². The highest BCUT2D eigenvalue weighted by Gasteiger charge is 2.21. The lowest BCUT2D eigenvalue weighted by molar-refractivity contribution is -0.383. The second-order valence-corrected chi connectivity index (χ2v) is 9.47. The summed E-state index contributed by atoms with van der Waals surface area (Å²) in [4.78, 5) is 22.2. The molecule has 33 heavy (non-hydrogen) atoms. The molecule has 0 spiro atoms. The number of rotatable bonds is 7. The van der Waals surface area contributed by atoms with Gasteiger partial charge in [-0.25, -0.2) is 22.8 Å². The molecule has 0 saturated heterocycles. The predicted molar refractivity (Wildman–Crippen MR) is 123 cm³/mol. The Morgan fingerprint density at radius 3 is 2.64 bits per heavy atom. The van der Waals surface area contributed by atoms with E-state index in [1.807, 2.05) is 6.92 Å². The Balaban J connectivity index is 1.80. The lowest BCUT2D eigenvalue weighted by Crippen LogP contribution is -2.09. The molecule has 4 rings (SSSR count). The SMILES string of the molecule is CCc1cnc(Nc2cccc(S(=O)(=O)CC)c2F)nc1-c1c[nH]c2c([N+](=O)[O-])cccc12. The highest BCUT2D eigenvalue weighted by molar-refractivity contribution is 7.91. The molecule has 170 valence electrons. The minimum atomic E-state index is -3.75. The van der Waals surface area contributed by atoms with Crippen LogP contribution in [0.2, 0.25) is 0 Å². The summed E-state index contributed by atoms with van der Waals surface area (Å²) in [6.45, 7) is 3.37. The van der Waals surface area contributed by atoms with Crippen LogP contribution in [-0.4, -0.2) is 34.0 Å². The lowest BCUT2D eigenvalue weighted by Gasteiger charge is -2.12. The first kappa shape index (κ1) is 22.3. The maximum atomic E-state index is 14.9. The number of sulfone groups is 1. The number of para-hydroxylation sites is 1. The van der Waals surface area contributed by atoms with Gasteiger partial charge in [0.05, 0.1) is 22.1 Å². The number of hydrogen-bond donors (Lipinski definition) is 2. The van der Waals surface area contributed by atoms with E-state index in [4.69, 9.17) is 0 Å². The van der Waals surface area contributed by atoms with Crippen LogP contribution in [-0.2, 0) is 16.3 Å². The second kappa shape index (κ2) is 8.58. The molecule has 2 aromatic carbocycles. The zero-order valence-corrected chi connectivity index (χ0v) is 18.6. The number of aryl methyl sites for hydroxylation is 1. The van der Waals surface area contributed by atoms with Crippen LogP contribution in [0.1, 0.15) is 19.4 Å². The average molecular weight is 469 g/mol. The van der Waals surface area contributed by atoms with Crippen molar-refractivity contribution >= 4 is 38.1 Å². The molecular formula is C22H20FN5O4S. The highest BCUT2D eigenvalue weighted by atomic mass is 32.2. The third kappa shape index (κ3) is 4.02. The number of nitrogens with zero attached hydrogens (tertiary/aromatic N) is 3. The summed E-state index contributed by atoms with van der Waals surface area (Å²) in [7, 11) is -3.75. The summed E-state index contributed by atoms with van der Waals surface area (Å²) in [6, 6.07) is 8.81. The smallest absolute Gasteiger partial charge is 0.293 e. The maximum Gasteiger partial charge on any atom is 0.293 e. The van der Waals surface area contributed by atoms with E-state index in [2.05, 4.69) is 20.3 Å². The first-order chi connectivity index (χ1) is 15.8. The van der Waals surface area contributed by atoms with Crippen molar-refractivity contribution in [2.75, 3.05) is 11.1 Å². The molecule has 4 aromatic rings. The minimum absolute atomic E-state index is 0.0553. The van der Waals surface area contributed by atoms with E-state index in [9.17, 15) is 22.9 Å². The van der Waals surface area contributed by atoms with Gasteiger partial charge in [0, 0.05) is 29.4 Å². The van der Waals surface area contributed by atoms with Crippen LogP contribution in [0, 0.1) is 15.9 Å². The summed E-state index contributed by atoms with van der Waals surface area (Å²) < 4.78 is 39.3. The van der Waals surface area contributed by atoms with Crippen molar-refractivity contribution in [3.63, 3.8) is 0 Å². The molecule has 0 aliphatic carbocycles. The third-order valence-corrected chi connectivity index (χ3v) is 7.06. The van der Waals surface area contributed by atoms with Crippen molar-refractivity contribution in [2.45, 2.75) is 25.2 Å². The Bertz CT molecular complexity index is 1480. The van der Waals surface area contributed by atoms with Crippen LogP contribution in [0.3, 0.4) is 0 Å². The van der Waals surface area contributed by atoms with Crippen LogP contribution in [0.5, 0.6) is 0 Å². The number of anilines is 2. The zero-order valence-electron chi connectivity index (χ0n) is 17.8. The van der Waals surface area contributed by atoms with Crippen molar-refractivity contribution in [1.82, 2.24) is 15.0 Å². The van der Waals surface area contributed by atoms with Gasteiger partial charge in [-0.15, -0.1) is 0 Å². The second-order valence-electron chi connectivity index (χ2n) is 7.23. The van der Waals surface area contributed by atoms with Gasteiger partial charge in [0.2, 0.25) is 5.95 Å². The van der Waals surface area contributed by atoms with Gasteiger partial charge in [-0.2, -0.15) is 0 Å². The van der Waals surface area contributed by atoms with Crippen molar-refractivity contribution < 1.29 is 17.7 Å². The predicted octanol–water partition coefficient (Wildman–Crippen LogP) is 4.77. The van der Waals surface area contributed by atoms with E-state index in [0.29, 0.717) is 28.6 Å². The summed E-state index contributed by atoms with van der Waals surface area (Å²) in [6.07, 6.45) is 3.82. The molecule has 2 N–H and O–H groups in total. The van der Waals surface area contributed by atoms with E-state index in [1.165, 1.54) is 31.2 Å². The van der Waals surface area contributed by atoms with E-state index in [-0.39, 0.29) is 23.1 Å². The number of fused-ring (bicyclic) bond motifs is 1. The number of hydrogen-bond acceptors (Lipinski definition) is 7. The summed E-state index contributed by atoms with van der Waals surface area (Å²) in [5, 5.41) is 14.7. The summed E-state index contributed by atoms with van der Waals surface area (Å²) >= 11 is 0. The lowest BCUT2D eigenvalue weighted by atomic mass is 10.0. The maximum absolute atomic E-state index is 14.9. The first-order valence-electron chi connectivity index (χ1n) is 10.2. The fourth-order valence-electron chi connectivity index (χ4n) is 3.57. The Labute approximate surface area is 188 Å². The Morgan fingerprint density at radius 1 is 1.18 bits per heavy atom. The number of benzene rings is 2. The topological polar surface area (TPSA) is 131 Å². The number of aromatic nitrogens is 3. The first-order valence-corrected chi connectivity index (χ1v) is 11.8. The standard InChI is InChI=1S/C22H20FN5O4S/c1-3-13-11-25-22(26-16-8-6-10-18(19(16)23)33(31,32)4-2)27-20(13)15-12-24-21-14(15)7-5-9-17(21)28(29)30/h5-12,24H,3-4H2,1-2H3,(H,25,26,27). The van der Waals surface area contributed by atoms with Crippen LogP contribution >= 0.6 is 0 Å². The number of halogens is 1. The summed E-state index contributed by atoms with van der Waals surface area (Å²) in [5.74, 6) is -1.08. The molecule has 0 atom stereocenters. The van der Waals surface area contributed by atoms with Gasteiger partial charge in [0.25, 0.3) is 5.69 Å². The van der Waals surface area contributed by atoms with Gasteiger partial charge < -0.3 is 10.3 Å². The highest BCUT2D eigenvalue weighted by Crippen LogP contribution is 2.35. The number of nitrogens with one attached hydrogen (secondary N) is 2. The van der Waals surface area contributed by atoms with Crippen LogP contribution in [0.4, 0.5) is 21.7 Å². The van der Waals surface area contributed by atoms with E-state index < -0.39 is 25.5 Å². The normalized spacial score (nSPS) is 11.6. The minimum Gasteiger partial charge on any atom is -0.355 e. The van der Waals surface area contributed by atoms with Gasteiger partial charge in [-0.1, -0.05) is 32.0 Å². The number of H-pyrrole nitrogens is 1. The van der Waals surface area contributed by atoms with E-state index in [1.54, 1.807) is 24.5 Å². The molecule has 2 aromatic heterocycles. The van der Waals surface area contributed by atoms with Crippen LogP contribution in [0.15, 0.2) is 53.7 Å². The number of nitro benzene ring substituents is 1. The number of non-ortho nitro benzene ring substituents is 1. The Morgan fingerprint density at radius 2 is 1.94 bits per heavy atom. The average Bonchev–Trinajstić information content (AvgIpc) is 3.24. The Hall–Kier alpha value is -3.86. The molecule has 11 heteroatoms. The van der Waals surface area contributed by atoms with Crippen LogP contribution < -0.4 is 5.32 Å². The monoisotopic (exact) mass is 469 g/mol. The molecule has 0 bridgehead atoms. The van der Waals surface area contributed by atoms with Gasteiger partial charge in [0.15, 0.2) is 15.7 Å². The fourth-order valence-corrected chi connectivity index (χ4v) is 4.55.